The van der Waals surface area contributed by atoms with E-state index in [9.17, 15) is 13.2 Å². The molecule has 1 fully saturated rings. The van der Waals surface area contributed by atoms with Gasteiger partial charge in [-0.15, -0.1) is 12.4 Å². The second-order valence-corrected chi connectivity index (χ2v) is 9.26. The van der Waals surface area contributed by atoms with E-state index in [1.165, 1.54) is 25.0 Å². The molecule has 1 aliphatic heterocycles. The molecular formula is C18H30ClN3O3S2. The van der Waals surface area contributed by atoms with E-state index in [0.717, 1.165) is 19.5 Å². The first-order valence-electron chi connectivity index (χ1n) is 9.07. The lowest BCUT2D eigenvalue weighted by Crippen LogP contribution is -2.47. The molecule has 2 rings (SSSR count). The highest BCUT2D eigenvalue weighted by molar-refractivity contribution is 7.98. The predicted octanol–water partition coefficient (Wildman–Crippen LogP) is 2.01. The zero-order valence-corrected chi connectivity index (χ0v) is 18.1. The number of rotatable bonds is 10. The molecule has 9 heteroatoms. The molecule has 3 N–H and O–H groups in total. The summed E-state index contributed by atoms with van der Waals surface area (Å²) in [7, 11) is -3.71. The Kier molecular flexibility index (Phi) is 11.3. The molecule has 1 aromatic rings. The number of sulfonamides is 1. The van der Waals surface area contributed by atoms with Crippen LogP contribution in [0.2, 0.25) is 0 Å². The molecule has 1 aromatic carbocycles. The first-order chi connectivity index (χ1) is 12.5. The molecular weight excluding hydrogens is 406 g/mol. The van der Waals surface area contributed by atoms with E-state index in [-0.39, 0.29) is 23.2 Å². The van der Waals surface area contributed by atoms with Crippen LogP contribution >= 0.6 is 24.2 Å². The Balaban J connectivity index is 0.00000364. The zero-order valence-electron chi connectivity index (χ0n) is 15.6. The van der Waals surface area contributed by atoms with Crippen molar-refractivity contribution >= 4 is 40.1 Å². The van der Waals surface area contributed by atoms with Crippen molar-refractivity contribution < 1.29 is 13.2 Å². The number of hydrogen-bond acceptors (Lipinski definition) is 5. The number of carbonyl (C=O) groups is 1. The smallest absolute Gasteiger partial charge is 0.241 e. The van der Waals surface area contributed by atoms with Crippen molar-refractivity contribution in [2.75, 3.05) is 31.6 Å². The molecule has 1 heterocycles. The van der Waals surface area contributed by atoms with E-state index in [1.807, 2.05) is 6.26 Å². The predicted molar refractivity (Wildman–Crippen MR) is 114 cm³/mol. The van der Waals surface area contributed by atoms with E-state index >= 15 is 0 Å². The summed E-state index contributed by atoms with van der Waals surface area (Å²) < 4.78 is 27.6. The van der Waals surface area contributed by atoms with E-state index in [0.29, 0.717) is 24.6 Å². The SMILES string of the molecule is CSCCC(NS(=O)(=O)c1ccccc1)C(=O)NCCC1CCCNC1.Cl. The fraction of sp³-hybridized carbons (Fsp3) is 0.611. The number of piperidine rings is 1. The molecule has 1 amide bonds. The van der Waals surface area contributed by atoms with Crippen molar-refractivity contribution in [2.45, 2.75) is 36.6 Å². The van der Waals surface area contributed by atoms with Crippen LogP contribution in [0.4, 0.5) is 0 Å². The van der Waals surface area contributed by atoms with Crippen LogP contribution in [0, 0.1) is 5.92 Å². The van der Waals surface area contributed by atoms with Crippen molar-refractivity contribution in [3.63, 3.8) is 0 Å². The first kappa shape index (κ1) is 24.2. The highest BCUT2D eigenvalue weighted by Crippen LogP contribution is 2.13. The largest absolute Gasteiger partial charge is 0.355 e. The maximum absolute atomic E-state index is 12.5. The average Bonchev–Trinajstić information content (AvgIpc) is 2.66. The number of halogens is 1. The van der Waals surface area contributed by atoms with Gasteiger partial charge in [0.2, 0.25) is 15.9 Å². The second kappa shape index (κ2) is 12.6. The maximum Gasteiger partial charge on any atom is 0.241 e. The third kappa shape index (κ3) is 8.39. The standard InChI is InChI=1S/C18H29N3O3S2.ClH/c1-25-13-10-17(21-26(23,24)16-7-3-2-4-8-16)18(22)20-12-9-15-6-5-11-19-14-15;/h2-4,7-8,15,17,19,21H,5-6,9-14H2,1H3,(H,20,22);1H. The number of benzene rings is 1. The average molecular weight is 436 g/mol. The van der Waals surface area contributed by atoms with Crippen LogP contribution in [0.25, 0.3) is 0 Å². The summed E-state index contributed by atoms with van der Waals surface area (Å²) in [6.45, 7) is 2.64. The Labute approximate surface area is 173 Å². The van der Waals surface area contributed by atoms with Crippen molar-refractivity contribution in [1.29, 1.82) is 0 Å². The summed E-state index contributed by atoms with van der Waals surface area (Å²) >= 11 is 1.59. The molecule has 0 aliphatic carbocycles. The minimum atomic E-state index is -3.71. The molecule has 0 aromatic heterocycles. The van der Waals surface area contributed by atoms with Gasteiger partial charge in [-0.25, -0.2) is 8.42 Å². The van der Waals surface area contributed by atoms with E-state index in [1.54, 1.807) is 30.0 Å². The van der Waals surface area contributed by atoms with Gasteiger partial charge in [0, 0.05) is 6.54 Å². The molecule has 1 aliphatic rings. The van der Waals surface area contributed by atoms with Crippen LogP contribution in [0.1, 0.15) is 25.7 Å². The first-order valence-corrected chi connectivity index (χ1v) is 12.0. The van der Waals surface area contributed by atoms with Gasteiger partial charge in [0.1, 0.15) is 6.04 Å². The lowest BCUT2D eigenvalue weighted by atomic mass is 9.96. The summed E-state index contributed by atoms with van der Waals surface area (Å²) in [5.41, 5.74) is 0. The number of thioether (sulfide) groups is 1. The summed E-state index contributed by atoms with van der Waals surface area (Å²) in [4.78, 5) is 12.7. The van der Waals surface area contributed by atoms with E-state index in [4.69, 9.17) is 0 Å². The van der Waals surface area contributed by atoms with E-state index < -0.39 is 16.1 Å². The van der Waals surface area contributed by atoms with Gasteiger partial charge < -0.3 is 10.6 Å². The Bertz CT molecular complexity index is 653. The third-order valence-electron chi connectivity index (χ3n) is 4.53. The van der Waals surface area contributed by atoms with Crippen molar-refractivity contribution in [3.8, 4) is 0 Å². The minimum absolute atomic E-state index is 0. The number of amides is 1. The van der Waals surface area contributed by atoms with Gasteiger partial charge in [-0.05, 0) is 68.8 Å². The summed E-state index contributed by atoms with van der Waals surface area (Å²) in [5.74, 6) is 1.04. The number of hydrogen-bond donors (Lipinski definition) is 3. The maximum atomic E-state index is 12.5. The second-order valence-electron chi connectivity index (χ2n) is 6.56. The van der Waals surface area contributed by atoms with Crippen LogP contribution < -0.4 is 15.4 Å². The Morgan fingerprint density at radius 2 is 2.07 bits per heavy atom. The molecule has 0 saturated carbocycles. The zero-order chi connectivity index (χ0) is 18.8. The normalized spacial score (nSPS) is 18.3. The fourth-order valence-corrected chi connectivity index (χ4v) is 4.75. The van der Waals surface area contributed by atoms with Crippen molar-refractivity contribution in [3.05, 3.63) is 30.3 Å². The van der Waals surface area contributed by atoms with Crippen LogP contribution in [0.5, 0.6) is 0 Å². The van der Waals surface area contributed by atoms with Gasteiger partial charge in [0.05, 0.1) is 4.90 Å². The molecule has 2 unspecified atom stereocenters. The highest BCUT2D eigenvalue weighted by atomic mass is 35.5. The molecule has 2 atom stereocenters. The van der Waals surface area contributed by atoms with Gasteiger partial charge in [-0.1, -0.05) is 18.2 Å². The van der Waals surface area contributed by atoms with Gasteiger partial charge in [-0.3, -0.25) is 4.79 Å². The Morgan fingerprint density at radius 1 is 1.33 bits per heavy atom. The monoisotopic (exact) mass is 435 g/mol. The van der Waals surface area contributed by atoms with Crippen LogP contribution in [0.3, 0.4) is 0 Å². The van der Waals surface area contributed by atoms with Crippen LogP contribution in [-0.2, 0) is 14.8 Å². The van der Waals surface area contributed by atoms with Crippen molar-refractivity contribution in [1.82, 2.24) is 15.4 Å². The van der Waals surface area contributed by atoms with Crippen molar-refractivity contribution in [2.24, 2.45) is 5.92 Å². The minimum Gasteiger partial charge on any atom is -0.355 e. The van der Waals surface area contributed by atoms with E-state index in [2.05, 4.69) is 15.4 Å². The molecule has 27 heavy (non-hydrogen) atoms. The van der Waals surface area contributed by atoms with Gasteiger partial charge in [0.25, 0.3) is 0 Å². The number of nitrogens with one attached hydrogen (secondary N) is 3. The Hall–Kier alpha value is -0.800. The molecule has 0 radical (unpaired) electrons. The third-order valence-corrected chi connectivity index (χ3v) is 6.66. The van der Waals surface area contributed by atoms with Gasteiger partial charge >= 0.3 is 0 Å². The van der Waals surface area contributed by atoms with Crippen LogP contribution in [0.15, 0.2) is 35.2 Å². The van der Waals surface area contributed by atoms with Gasteiger partial charge in [-0.2, -0.15) is 16.5 Å². The summed E-state index contributed by atoms with van der Waals surface area (Å²) in [5, 5.41) is 6.28. The molecule has 154 valence electrons. The quantitative estimate of drug-likeness (QED) is 0.523. The summed E-state index contributed by atoms with van der Waals surface area (Å²) in [6.07, 6.45) is 5.67. The topological polar surface area (TPSA) is 87.3 Å². The van der Waals surface area contributed by atoms with Crippen LogP contribution in [-0.4, -0.2) is 52.0 Å². The van der Waals surface area contributed by atoms with Gasteiger partial charge in [0.15, 0.2) is 0 Å². The highest BCUT2D eigenvalue weighted by Gasteiger charge is 2.25. The molecule has 1 saturated heterocycles. The lowest BCUT2D eigenvalue weighted by molar-refractivity contribution is -0.122. The summed E-state index contributed by atoms with van der Waals surface area (Å²) in [6, 6.07) is 7.41. The lowest BCUT2D eigenvalue weighted by Gasteiger charge is -2.23. The Morgan fingerprint density at radius 3 is 2.70 bits per heavy atom. The number of carbonyl (C=O) groups excluding carboxylic acids is 1. The molecule has 0 bridgehead atoms. The molecule has 0 spiro atoms. The molecule has 6 nitrogen and oxygen atoms in total. The fourth-order valence-electron chi connectivity index (χ4n) is 3.03.